The second-order valence-corrected chi connectivity index (χ2v) is 7.86. The Balaban J connectivity index is 1.98. The number of esters is 1. The fourth-order valence-electron chi connectivity index (χ4n) is 4.16. The van der Waals surface area contributed by atoms with E-state index in [2.05, 4.69) is 0 Å². The Kier molecular flexibility index (Phi) is 6.50. The zero-order chi connectivity index (χ0) is 21.8. The average Bonchev–Trinajstić information content (AvgIpc) is 3.04. The molecule has 2 aromatic carbocycles. The summed E-state index contributed by atoms with van der Waals surface area (Å²) in [7, 11) is 1.32. The third-order valence-corrected chi connectivity index (χ3v) is 5.58. The monoisotopic (exact) mass is 405 g/mol. The number of Topliss-reactive ketones (excluding diaryl/α,β-unsaturated/α-hetero) is 1. The van der Waals surface area contributed by atoms with E-state index in [1.165, 1.54) is 14.0 Å². The Morgan fingerprint density at radius 1 is 0.967 bits per heavy atom. The molecule has 1 amide bonds. The van der Waals surface area contributed by atoms with Crippen molar-refractivity contribution >= 4 is 23.2 Å². The van der Waals surface area contributed by atoms with Crippen LogP contribution in [0.5, 0.6) is 0 Å². The average molecular weight is 405 g/mol. The van der Waals surface area contributed by atoms with Crippen molar-refractivity contribution in [3.63, 3.8) is 0 Å². The summed E-state index contributed by atoms with van der Waals surface area (Å²) < 4.78 is 5.00. The van der Waals surface area contributed by atoms with Gasteiger partial charge in [0.1, 0.15) is 5.92 Å². The molecule has 0 spiro atoms. The maximum absolute atomic E-state index is 13.2. The molecule has 5 nitrogen and oxygen atoms in total. The Hall–Kier alpha value is -3.21. The van der Waals surface area contributed by atoms with E-state index in [1.807, 2.05) is 56.3 Å². The predicted octanol–water partition coefficient (Wildman–Crippen LogP) is 4.13. The van der Waals surface area contributed by atoms with E-state index >= 15 is 0 Å². The number of allylic oxidation sites excluding steroid dienone is 1. The Morgan fingerprint density at radius 3 is 2.10 bits per heavy atom. The number of benzene rings is 2. The van der Waals surface area contributed by atoms with Crippen LogP contribution in [0.25, 0.3) is 5.57 Å². The molecule has 0 N–H and O–H groups in total. The van der Waals surface area contributed by atoms with E-state index in [1.54, 1.807) is 17.0 Å². The van der Waals surface area contributed by atoms with Gasteiger partial charge in [0, 0.05) is 24.6 Å². The normalized spacial score (nSPS) is 18.3. The van der Waals surface area contributed by atoms with E-state index in [-0.39, 0.29) is 17.6 Å². The number of ketones is 1. The highest BCUT2D eigenvalue weighted by molar-refractivity contribution is 6.02. The summed E-state index contributed by atoms with van der Waals surface area (Å²) >= 11 is 0. The van der Waals surface area contributed by atoms with Crippen LogP contribution in [0.4, 0.5) is 0 Å². The lowest BCUT2D eigenvalue weighted by Gasteiger charge is -2.21. The number of rotatable bonds is 6. The molecular formula is C25H27NO4. The van der Waals surface area contributed by atoms with E-state index in [0.29, 0.717) is 18.7 Å². The van der Waals surface area contributed by atoms with Gasteiger partial charge in [-0.2, -0.15) is 0 Å². The quantitative estimate of drug-likeness (QED) is 0.412. The van der Waals surface area contributed by atoms with Crippen molar-refractivity contribution in [2.45, 2.75) is 27.3 Å². The first-order chi connectivity index (χ1) is 14.3. The molecule has 0 aliphatic carbocycles. The molecule has 0 bridgehead atoms. The van der Waals surface area contributed by atoms with E-state index in [4.69, 9.17) is 4.74 Å². The second-order valence-electron chi connectivity index (χ2n) is 7.86. The number of carbonyl (C=O) groups excluding carboxylic acids is 3. The summed E-state index contributed by atoms with van der Waals surface area (Å²) in [6.45, 7) is 6.37. The van der Waals surface area contributed by atoms with Gasteiger partial charge in [-0.05, 0) is 37.5 Å². The van der Waals surface area contributed by atoms with Crippen LogP contribution in [0.3, 0.4) is 0 Å². The van der Waals surface area contributed by atoms with Crippen LogP contribution >= 0.6 is 0 Å². The number of methoxy groups -OCH3 is 1. The predicted molar refractivity (Wildman–Crippen MR) is 116 cm³/mol. The van der Waals surface area contributed by atoms with Crippen molar-refractivity contribution in [1.82, 2.24) is 4.90 Å². The van der Waals surface area contributed by atoms with Gasteiger partial charge in [0.15, 0.2) is 5.78 Å². The van der Waals surface area contributed by atoms with Crippen LogP contribution in [-0.4, -0.2) is 36.2 Å². The molecule has 1 aliphatic rings. The molecule has 0 radical (unpaired) electrons. The van der Waals surface area contributed by atoms with Crippen molar-refractivity contribution < 1.29 is 19.1 Å². The van der Waals surface area contributed by atoms with Gasteiger partial charge in [0.2, 0.25) is 5.91 Å². The maximum atomic E-state index is 13.2. The lowest BCUT2D eigenvalue weighted by molar-refractivity contribution is -0.151. The van der Waals surface area contributed by atoms with Gasteiger partial charge in [-0.25, -0.2) is 0 Å². The van der Waals surface area contributed by atoms with E-state index in [0.717, 1.165) is 22.3 Å². The highest BCUT2D eigenvalue weighted by Crippen LogP contribution is 2.39. The smallest absolute Gasteiger partial charge is 0.318 e. The molecular weight excluding hydrogens is 378 g/mol. The van der Waals surface area contributed by atoms with Gasteiger partial charge in [0.05, 0.1) is 7.11 Å². The van der Waals surface area contributed by atoms with Gasteiger partial charge >= 0.3 is 5.97 Å². The minimum Gasteiger partial charge on any atom is -0.468 e. The zero-order valence-electron chi connectivity index (χ0n) is 17.8. The highest BCUT2D eigenvalue weighted by Gasteiger charge is 2.47. The minimum atomic E-state index is -0.879. The first-order valence-electron chi connectivity index (χ1n) is 10.0. The number of amides is 1. The molecule has 1 saturated heterocycles. The van der Waals surface area contributed by atoms with Crippen molar-refractivity contribution in [1.29, 1.82) is 0 Å². The van der Waals surface area contributed by atoms with Gasteiger partial charge in [0.25, 0.3) is 0 Å². The fourth-order valence-corrected chi connectivity index (χ4v) is 4.16. The Bertz CT molecular complexity index is 972. The zero-order valence-corrected chi connectivity index (χ0v) is 17.8. The molecule has 2 atom stereocenters. The van der Waals surface area contributed by atoms with Crippen molar-refractivity contribution in [2.75, 3.05) is 13.7 Å². The Morgan fingerprint density at radius 2 is 1.57 bits per heavy atom. The molecule has 0 aromatic heterocycles. The van der Waals surface area contributed by atoms with Crippen molar-refractivity contribution in [3.8, 4) is 0 Å². The number of carbonyl (C=O) groups is 3. The fraction of sp³-hybridized carbons (Fsp3) is 0.320. The van der Waals surface area contributed by atoms with E-state index < -0.39 is 11.9 Å². The highest BCUT2D eigenvalue weighted by atomic mass is 16.5. The Labute approximate surface area is 177 Å². The van der Waals surface area contributed by atoms with Gasteiger partial charge in [-0.15, -0.1) is 0 Å². The lowest BCUT2D eigenvalue weighted by atomic mass is 9.82. The molecule has 1 heterocycles. The summed E-state index contributed by atoms with van der Waals surface area (Å²) in [5, 5.41) is 0. The summed E-state index contributed by atoms with van der Waals surface area (Å²) in [4.78, 5) is 39.1. The molecule has 0 saturated carbocycles. The molecule has 0 unspecified atom stereocenters. The standard InChI is InChI=1S/C25H27NO4/c1-16(2)22(20-12-10-19(11-13-20)17(3)27)21-15-26(14-18-8-6-5-7-9-18)24(28)23(21)25(29)30-4/h5-13,21,23H,14-15H2,1-4H3/t21-,23-/m0/s1. The first-order valence-corrected chi connectivity index (χ1v) is 10.0. The van der Waals surface area contributed by atoms with Crippen LogP contribution in [0.2, 0.25) is 0 Å². The van der Waals surface area contributed by atoms with Crippen molar-refractivity contribution in [2.24, 2.45) is 11.8 Å². The number of likely N-dealkylation sites (tertiary alicyclic amines) is 1. The largest absolute Gasteiger partial charge is 0.468 e. The van der Waals surface area contributed by atoms with Gasteiger partial charge in [-0.1, -0.05) is 60.2 Å². The van der Waals surface area contributed by atoms with Crippen LogP contribution in [0.1, 0.15) is 42.3 Å². The van der Waals surface area contributed by atoms with Crippen molar-refractivity contribution in [3.05, 3.63) is 76.9 Å². The number of nitrogens with zero attached hydrogens (tertiary/aromatic N) is 1. The summed E-state index contributed by atoms with van der Waals surface area (Å²) in [6, 6.07) is 17.1. The van der Waals surface area contributed by atoms with E-state index in [9.17, 15) is 14.4 Å². The number of hydrogen-bond acceptors (Lipinski definition) is 4. The summed E-state index contributed by atoms with van der Waals surface area (Å²) in [6.07, 6.45) is 0. The third-order valence-electron chi connectivity index (χ3n) is 5.58. The van der Waals surface area contributed by atoms with Crippen LogP contribution < -0.4 is 0 Å². The minimum absolute atomic E-state index is 0.00202. The SMILES string of the molecule is COC(=O)[C@@H]1C(=O)N(Cc2ccccc2)C[C@H]1C(=C(C)C)c1ccc(C(C)=O)cc1. The summed E-state index contributed by atoms with van der Waals surface area (Å²) in [5.74, 6) is -1.93. The summed E-state index contributed by atoms with van der Waals surface area (Å²) in [5.41, 5.74) is 4.53. The molecule has 2 aromatic rings. The molecule has 1 aliphatic heterocycles. The number of hydrogen-bond donors (Lipinski definition) is 0. The maximum Gasteiger partial charge on any atom is 0.318 e. The lowest BCUT2D eigenvalue weighted by Crippen LogP contribution is -2.31. The number of ether oxygens (including phenoxy) is 1. The first kappa shape index (κ1) is 21.5. The van der Waals surface area contributed by atoms with Gasteiger partial charge < -0.3 is 9.64 Å². The third kappa shape index (κ3) is 4.35. The van der Waals surface area contributed by atoms with Gasteiger partial charge in [-0.3, -0.25) is 14.4 Å². The molecule has 30 heavy (non-hydrogen) atoms. The molecule has 1 fully saturated rings. The van der Waals surface area contributed by atoms with Crippen LogP contribution in [0.15, 0.2) is 60.2 Å². The molecule has 5 heteroatoms. The van der Waals surface area contributed by atoms with Crippen LogP contribution in [0, 0.1) is 11.8 Å². The second kappa shape index (κ2) is 9.08. The topological polar surface area (TPSA) is 63.7 Å². The molecule has 156 valence electrons. The van der Waals surface area contributed by atoms with Crippen LogP contribution in [-0.2, 0) is 20.9 Å². The molecule has 3 rings (SSSR count).